The van der Waals surface area contributed by atoms with E-state index in [-0.39, 0.29) is 18.4 Å². The lowest BCUT2D eigenvalue weighted by Gasteiger charge is -2.08. The van der Waals surface area contributed by atoms with Gasteiger partial charge in [-0.05, 0) is 19.1 Å². The number of carbonyl (C=O) groups excluding carboxylic acids is 2. The van der Waals surface area contributed by atoms with Crippen molar-refractivity contribution in [1.29, 1.82) is 0 Å². The zero-order valence-electron chi connectivity index (χ0n) is 12.6. The molecule has 0 aromatic heterocycles. The molecule has 21 heavy (non-hydrogen) atoms. The Morgan fingerprint density at radius 2 is 1.76 bits per heavy atom. The average Bonchev–Trinajstić information content (AvgIpc) is 2.47. The molecule has 1 rings (SSSR count). The number of aryl methyl sites for hydroxylation is 1. The van der Waals surface area contributed by atoms with Crippen molar-refractivity contribution in [3.05, 3.63) is 35.4 Å². The van der Waals surface area contributed by atoms with Crippen LogP contribution >= 0.6 is 0 Å². The number of benzene rings is 1. The molecule has 0 aliphatic carbocycles. The minimum Gasteiger partial charge on any atom is -0.383 e. The summed E-state index contributed by atoms with van der Waals surface area (Å²) in [6.07, 6.45) is 0. The van der Waals surface area contributed by atoms with Crippen LogP contribution in [0.5, 0.6) is 0 Å². The second kappa shape index (κ2) is 9.90. The molecule has 0 heterocycles. The highest BCUT2D eigenvalue weighted by Crippen LogP contribution is 2.02. The van der Waals surface area contributed by atoms with E-state index in [1.54, 1.807) is 19.2 Å². The van der Waals surface area contributed by atoms with Gasteiger partial charge in [0.15, 0.2) is 0 Å². The first-order valence-corrected chi connectivity index (χ1v) is 6.94. The number of hydrogen-bond donors (Lipinski definition) is 3. The molecule has 0 aliphatic rings. The number of nitrogens with one attached hydrogen (secondary N) is 3. The minimum atomic E-state index is -0.110. The third-order valence-corrected chi connectivity index (χ3v) is 2.82. The molecule has 0 bridgehead atoms. The fraction of sp³-hybridized carbons (Fsp3) is 0.467. The molecule has 2 amide bonds. The van der Waals surface area contributed by atoms with Crippen LogP contribution < -0.4 is 16.0 Å². The highest BCUT2D eigenvalue weighted by molar-refractivity contribution is 5.94. The van der Waals surface area contributed by atoms with Crippen molar-refractivity contribution in [1.82, 2.24) is 16.0 Å². The van der Waals surface area contributed by atoms with Crippen LogP contribution in [0.15, 0.2) is 24.3 Å². The maximum atomic E-state index is 11.8. The quantitative estimate of drug-likeness (QED) is 0.563. The van der Waals surface area contributed by atoms with Gasteiger partial charge in [-0.15, -0.1) is 0 Å². The van der Waals surface area contributed by atoms with Crippen LogP contribution in [0.2, 0.25) is 0 Å². The summed E-state index contributed by atoms with van der Waals surface area (Å²) >= 11 is 0. The van der Waals surface area contributed by atoms with E-state index < -0.39 is 0 Å². The first-order valence-electron chi connectivity index (χ1n) is 6.94. The van der Waals surface area contributed by atoms with Crippen molar-refractivity contribution in [2.75, 3.05) is 39.9 Å². The van der Waals surface area contributed by atoms with Crippen LogP contribution in [0.1, 0.15) is 15.9 Å². The molecule has 0 aliphatic heterocycles. The Morgan fingerprint density at radius 1 is 1.05 bits per heavy atom. The van der Waals surface area contributed by atoms with Gasteiger partial charge in [0.2, 0.25) is 5.91 Å². The van der Waals surface area contributed by atoms with Gasteiger partial charge in [0.1, 0.15) is 0 Å². The van der Waals surface area contributed by atoms with Crippen molar-refractivity contribution in [3.8, 4) is 0 Å². The Kier molecular flexibility index (Phi) is 8.08. The van der Waals surface area contributed by atoms with E-state index in [9.17, 15) is 9.59 Å². The van der Waals surface area contributed by atoms with E-state index in [1.807, 2.05) is 19.1 Å². The largest absolute Gasteiger partial charge is 0.383 e. The molecule has 1 aromatic carbocycles. The lowest BCUT2D eigenvalue weighted by molar-refractivity contribution is -0.120. The number of carbonyl (C=O) groups is 2. The molecule has 0 spiro atoms. The fourth-order valence-electron chi connectivity index (χ4n) is 1.63. The van der Waals surface area contributed by atoms with Crippen LogP contribution in [-0.4, -0.2) is 51.7 Å². The zero-order chi connectivity index (χ0) is 15.5. The molecular weight excluding hydrogens is 270 g/mol. The normalized spacial score (nSPS) is 10.2. The van der Waals surface area contributed by atoms with Crippen molar-refractivity contribution < 1.29 is 14.3 Å². The second-order valence-corrected chi connectivity index (χ2v) is 4.64. The van der Waals surface area contributed by atoms with Crippen LogP contribution in [0.4, 0.5) is 0 Å². The molecule has 0 fully saturated rings. The van der Waals surface area contributed by atoms with E-state index in [0.717, 1.165) is 5.56 Å². The topological polar surface area (TPSA) is 79.5 Å². The van der Waals surface area contributed by atoms with E-state index in [4.69, 9.17) is 4.74 Å². The molecule has 0 radical (unpaired) electrons. The lowest BCUT2D eigenvalue weighted by Crippen LogP contribution is -2.39. The van der Waals surface area contributed by atoms with E-state index in [1.165, 1.54) is 0 Å². The number of rotatable bonds is 9. The molecule has 3 N–H and O–H groups in total. The zero-order valence-corrected chi connectivity index (χ0v) is 12.6. The monoisotopic (exact) mass is 293 g/mol. The summed E-state index contributed by atoms with van der Waals surface area (Å²) in [6, 6.07) is 7.39. The van der Waals surface area contributed by atoms with E-state index in [0.29, 0.717) is 31.8 Å². The van der Waals surface area contributed by atoms with Gasteiger partial charge in [0.25, 0.3) is 5.91 Å². The Morgan fingerprint density at radius 3 is 2.43 bits per heavy atom. The average molecular weight is 293 g/mol. The Hall–Kier alpha value is -1.92. The predicted molar refractivity (Wildman–Crippen MR) is 81.3 cm³/mol. The Labute approximate surface area is 125 Å². The molecule has 0 saturated carbocycles. The molecule has 6 heteroatoms. The second-order valence-electron chi connectivity index (χ2n) is 4.64. The first kappa shape index (κ1) is 17.1. The smallest absolute Gasteiger partial charge is 0.251 e. The summed E-state index contributed by atoms with van der Waals surface area (Å²) in [5.74, 6) is -0.196. The van der Waals surface area contributed by atoms with Crippen LogP contribution in [-0.2, 0) is 9.53 Å². The van der Waals surface area contributed by atoms with Gasteiger partial charge in [-0.2, -0.15) is 0 Å². The summed E-state index contributed by atoms with van der Waals surface area (Å²) in [5, 5.41) is 8.45. The van der Waals surface area contributed by atoms with Gasteiger partial charge in [-0.3, -0.25) is 9.59 Å². The van der Waals surface area contributed by atoms with Crippen LogP contribution in [0.25, 0.3) is 0 Å². The number of ether oxygens (including phenoxy) is 1. The van der Waals surface area contributed by atoms with E-state index >= 15 is 0 Å². The summed E-state index contributed by atoms with van der Waals surface area (Å²) < 4.78 is 4.83. The number of amides is 2. The van der Waals surface area contributed by atoms with Crippen LogP contribution in [0, 0.1) is 6.92 Å². The molecule has 1 aromatic rings. The van der Waals surface area contributed by atoms with Gasteiger partial charge in [0, 0.05) is 32.3 Å². The maximum absolute atomic E-state index is 11.8. The predicted octanol–water partition coefficient (Wildman–Crippen LogP) is 0.0770. The van der Waals surface area contributed by atoms with Crippen molar-refractivity contribution >= 4 is 11.8 Å². The highest BCUT2D eigenvalue weighted by atomic mass is 16.5. The fourth-order valence-corrected chi connectivity index (χ4v) is 1.63. The minimum absolute atomic E-state index is 0.0862. The van der Waals surface area contributed by atoms with Crippen molar-refractivity contribution in [2.45, 2.75) is 6.92 Å². The summed E-state index contributed by atoms with van der Waals surface area (Å²) in [4.78, 5) is 23.1. The van der Waals surface area contributed by atoms with Crippen molar-refractivity contribution in [3.63, 3.8) is 0 Å². The molecular formula is C15H23N3O3. The number of hydrogen-bond acceptors (Lipinski definition) is 4. The third kappa shape index (κ3) is 7.43. The SMILES string of the molecule is COCCNC(=O)CNCCNC(=O)c1ccc(C)cc1. The highest BCUT2D eigenvalue weighted by Gasteiger charge is 2.04. The maximum Gasteiger partial charge on any atom is 0.251 e. The summed E-state index contributed by atoms with van der Waals surface area (Å²) in [6.45, 7) is 4.21. The molecule has 0 unspecified atom stereocenters. The van der Waals surface area contributed by atoms with E-state index in [2.05, 4.69) is 16.0 Å². The Balaban J connectivity index is 2.10. The molecule has 0 saturated heterocycles. The molecule has 116 valence electrons. The van der Waals surface area contributed by atoms with Gasteiger partial charge in [-0.25, -0.2) is 0 Å². The molecule has 6 nitrogen and oxygen atoms in total. The number of methoxy groups -OCH3 is 1. The summed E-state index contributed by atoms with van der Waals surface area (Å²) in [7, 11) is 1.58. The standard InChI is InChI=1S/C15H23N3O3/c1-12-3-5-13(6-4-12)15(20)18-8-7-16-11-14(19)17-9-10-21-2/h3-6,16H,7-11H2,1-2H3,(H,17,19)(H,18,20). The lowest BCUT2D eigenvalue weighted by atomic mass is 10.1. The van der Waals surface area contributed by atoms with Gasteiger partial charge in [-0.1, -0.05) is 17.7 Å². The van der Waals surface area contributed by atoms with Gasteiger partial charge in [0.05, 0.1) is 13.2 Å². The third-order valence-electron chi connectivity index (χ3n) is 2.82. The van der Waals surface area contributed by atoms with Gasteiger partial charge < -0.3 is 20.7 Å². The van der Waals surface area contributed by atoms with Gasteiger partial charge >= 0.3 is 0 Å². The van der Waals surface area contributed by atoms with Crippen molar-refractivity contribution in [2.24, 2.45) is 0 Å². The van der Waals surface area contributed by atoms with Crippen LogP contribution in [0.3, 0.4) is 0 Å². The first-order chi connectivity index (χ1) is 10.1. The Bertz CT molecular complexity index is 446. The molecule has 0 atom stereocenters. The summed E-state index contributed by atoms with van der Waals surface area (Å²) in [5.41, 5.74) is 1.76.